The van der Waals surface area contributed by atoms with Crippen LogP contribution < -0.4 is 0 Å². The van der Waals surface area contributed by atoms with E-state index in [0.29, 0.717) is 24.8 Å². The smallest absolute Gasteiger partial charge is 0.271 e. The van der Waals surface area contributed by atoms with Crippen LogP contribution in [-0.4, -0.2) is 30.8 Å². The molecule has 0 N–H and O–H groups in total. The van der Waals surface area contributed by atoms with Crippen LogP contribution in [0.1, 0.15) is 40.2 Å². The molecule has 0 saturated carbocycles. The van der Waals surface area contributed by atoms with Gasteiger partial charge in [0.25, 0.3) is 11.8 Å². The predicted octanol–water partition coefficient (Wildman–Crippen LogP) is 1.87. The number of alkyl halides is 3. The van der Waals surface area contributed by atoms with E-state index in [1.165, 1.54) is 12.1 Å². The average molecular weight is 349 g/mol. The van der Waals surface area contributed by atoms with Gasteiger partial charge >= 0.3 is 15.6 Å². The van der Waals surface area contributed by atoms with Gasteiger partial charge in [-0.2, -0.15) is 21.6 Å². The standard InChI is InChI=1S/C13H10F3NO5S/c14-13(15,16)23(20,21)22-17-11(18)8-5-1-3-7-4-2-6-9(10(7)8)12(17)19/h1,3,5,9H,2,4,6H2. The van der Waals surface area contributed by atoms with Crippen molar-refractivity contribution in [2.45, 2.75) is 30.7 Å². The molecule has 6 nitrogen and oxygen atoms in total. The lowest BCUT2D eigenvalue weighted by Gasteiger charge is -2.34. The van der Waals surface area contributed by atoms with Gasteiger partial charge in [0.15, 0.2) is 0 Å². The molecular formula is C13H10F3NO5S. The molecule has 3 rings (SSSR count). The van der Waals surface area contributed by atoms with Crippen LogP contribution in [0.4, 0.5) is 13.2 Å². The first kappa shape index (κ1) is 15.9. The summed E-state index contributed by atoms with van der Waals surface area (Å²) in [5.74, 6) is -3.18. The fourth-order valence-electron chi connectivity index (χ4n) is 2.88. The summed E-state index contributed by atoms with van der Waals surface area (Å²) in [5, 5.41) is -0.287. The van der Waals surface area contributed by atoms with Crippen molar-refractivity contribution in [3.05, 3.63) is 34.9 Å². The fourth-order valence-corrected chi connectivity index (χ4v) is 3.30. The first-order valence-corrected chi connectivity index (χ1v) is 8.05. The molecule has 1 unspecified atom stereocenters. The molecule has 0 saturated heterocycles. The molecule has 23 heavy (non-hydrogen) atoms. The van der Waals surface area contributed by atoms with E-state index in [4.69, 9.17) is 0 Å². The summed E-state index contributed by atoms with van der Waals surface area (Å²) in [6.45, 7) is 0. The van der Waals surface area contributed by atoms with Gasteiger partial charge in [0.05, 0.1) is 5.92 Å². The van der Waals surface area contributed by atoms with Crippen LogP contribution in [0.5, 0.6) is 0 Å². The van der Waals surface area contributed by atoms with Gasteiger partial charge in [0.1, 0.15) is 0 Å². The van der Waals surface area contributed by atoms with E-state index in [1.54, 1.807) is 6.07 Å². The Hall–Kier alpha value is -1.94. The van der Waals surface area contributed by atoms with Crippen molar-refractivity contribution in [1.29, 1.82) is 0 Å². The Kier molecular flexibility index (Phi) is 3.49. The average Bonchev–Trinajstić information content (AvgIpc) is 2.48. The summed E-state index contributed by atoms with van der Waals surface area (Å²) in [6, 6.07) is 4.59. The van der Waals surface area contributed by atoms with Crippen LogP contribution in [0.15, 0.2) is 18.2 Å². The highest BCUT2D eigenvalue weighted by molar-refractivity contribution is 7.87. The molecule has 2 amide bonds. The van der Waals surface area contributed by atoms with Crippen LogP contribution in [0.3, 0.4) is 0 Å². The quantitative estimate of drug-likeness (QED) is 0.601. The topological polar surface area (TPSA) is 80.8 Å². The molecule has 1 heterocycles. The van der Waals surface area contributed by atoms with Crippen molar-refractivity contribution < 1.29 is 35.5 Å². The number of hydrogen-bond donors (Lipinski definition) is 0. The molecule has 1 aromatic carbocycles. The maximum atomic E-state index is 12.4. The number of imide groups is 1. The minimum Gasteiger partial charge on any atom is -0.271 e. The van der Waals surface area contributed by atoms with Crippen LogP contribution in [0, 0.1) is 0 Å². The highest BCUT2D eigenvalue weighted by Gasteiger charge is 2.52. The van der Waals surface area contributed by atoms with E-state index in [1.807, 2.05) is 0 Å². The second kappa shape index (κ2) is 5.03. The Morgan fingerprint density at radius 3 is 2.57 bits per heavy atom. The van der Waals surface area contributed by atoms with Crippen molar-refractivity contribution in [3.8, 4) is 0 Å². The van der Waals surface area contributed by atoms with E-state index in [-0.39, 0.29) is 10.6 Å². The summed E-state index contributed by atoms with van der Waals surface area (Å²) in [6.07, 6.45) is 1.55. The Morgan fingerprint density at radius 1 is 1.22 bits per heavy atom. The fraction of sp³-hybridized carbons (Fsp3) is 0.385. The summed E-state index contributed by atoms with van der Waals surface area (Å²) >= 11 is 0. The van der Waals surface area contributed by atoms with Gasteiger partial charge in [-0.15, -0.1) is 9.35 Å². The number of amides is 2. The molecule has 0 fully saturated rings. The zero-order chi connectivity index (χ0) is 17.0. The highest BCUT2D eigenvalue weighted by atomic mass is 32.2. The molecule has 0 bridgehead atoms. The lowest BCUT2D eigenvalue weighted by molar-refractivity contribution is -0.154. The SMILES string of the molecule is O=C1c2cccc3c2C(CCC3)C(=O)N1OS(=O)(=O)C(F)(F)F. The molecule has 10 heteroatoms. The van der Waals surface area contributed by atoms with Crippen molar-refractivity contribution in [2.24, 2.45) is 0 Å². The largest absolute Gasteiger partial charge is 0.525 e. The Labute approximate surface area is 128 Å². The molecule has 2 aliphatic rings. The number of carbonyl (C=O) groups excluding carboxylic acids is 2. The normalized spacial score (nSPS) is 21.3. The predicted molar refractivity (Wildman–Crippen MR) is 69.4 cm³/mol. The van der Waals surface area contributed by atoms with Gasteiger partial charge in [0.2, 0.25) is 0 Å². The van der Waals surface area contributed by atoms with E-state index in [2.05, 4.69) is 4.28 Å². The van der Waals surface area contributed by atoms with E-state index in [0.717, 1.165) is 5.56 Å². The maximum absolute atomic E-state index is 12.4. The maximum Gasteiger partial charge on any atom is 0.525 e. The van der Waals surface area contributed by atoms with Gasteiger partial charge in [0, 0.05) is 5.56 Å². The minimum absolute atomic E-state index is 0.0100. The summed E-state index contributed by atoms with van der Waals surface area (Å²) in [7, 11) is -6.11. The van der Waals surface area contributed by atoms with Gasteiger partial charge in [-0.25, -0.2) is 0 Å². The molecule has 0 radical (unpaired) electrons. The molecule has 1 aromatic rings. The number of hydroxylamine groups is 2. The molecule has 0 aromatic heterocycles. The first-order chi connectivity index (χ1) is 10.6. The molecular weight excluding hydrogens is 339 g/mol. The van der Waals surface area contributed by atoms with Crippen molar-refractivity contribution >= 4 is 21.9 Å². The summed E-state index contributed by atoms with van der Waals surface area (Å²) < 4.78 is 63.3. The number of rotatable bonds is 2. The van der Waals surface area contributed by atoms with Crippen molar-refractivity contribution in [1.82, 2.24) is 5.06 Å². The zero-order valence-corrected chi connectivity index (χ0v) is 12.3. The van der Waals surface area contributed by atoms with Gasteiger partial charge in [-0.3, -0.25) is 9.59 Å². The van der Waals surface area contributed by atoms with Crippen LogP contribution in [0.2, 0.25) is 0 Å². The number of hydrogen-bond acceptors (Lipinski definition) is 5. The Morgan fingerprint density at radius 2 is 1.91 bits per heavy atom. The molecule has 1 aliphatic heterocycles. The summed E-state index contributed by atoms with van der Waals surface area (Å²) in [4.78, 5) is 24.5. The van der Waals surface area contributed by atoms with Crippen LogP contribution in [-0.2, 0) is 25.6 Å². The van der Waals surface area contributed by atoms with Gasteiger partial charge < -0.3 is 0 Å². The lowest BCUT2D eigenvalue weighted by atomic mass is 9.77. The number of nitrogens with zero attached hydrogens (tertiary/aromatic N) is 1. The van der Waals surface area contributed by atoms with Crippen LogP contribution in [0.25, 0.3) is 0 Å². The van der Waals surface area contributed by atoms with Crippen LogP contribution >= 0.6 is 0 Å². The lowest BCUT2D eigenvalue weighted by Crippen LogP contribution is -2.48. The third-order valence-electron chi connectivity index (χ3n) is 3.85. The van der Waals surface area contributed by atoms with Gasteiger partial charge in [-0.05, 0) is 36.5 Å². The first-order valence-electron chi connectivity index (χ1n) is 6.64. The third-order valence-corrected chi connectivity index (χ3v) is 4.77. The number of halogens is 3. The number of carbonyl (C=O) groups is 2. The molecule has 124 valence electrons. The highest BCUT2D eigenvalue weighted by Crippen LogP contribution is 2.40. The Balaban J connectivity index is 2.06. The van der Waals surface area contributed by atoms with E-state index < -0.39 is 33.4 Å². The molecule has 1 aliphatic carbocycles. The van der Waals surface area contributed by atoms with Gasteiger partial charge in [-0.1, -0.05) is 12.1 Å². The van der Waals surface area contributed by atoms with E-state index in [9.17, 15) is 31.2 Å². The second-order valence-corrected chi connectivity index (χ2v) is 6.76. The Bertz CT molecular complexity index is 802. The second-order valence-electron chi connectivity index (χ2n) is 5.24. The van der Waals surface area contributed by atoms with E-state index >= 15 is 0 Å². The number of benzene rings is 1. The zero-order valence-electron chi connectivity index (χ0n) is 11.5. The molecule has 1 atom stereocenters. The summed E-state index contributed by atoms with van der Waals surface area (Å²) in [5.41, 5.74) is -4.52. The molecule has 0 spiro atoms. The minimum atomic E-state index is -6.11. The van der Waals surface area contributed by atoms with Crippen molar-refractivity contribution in [2.75, 3.05) is 0 Å². The number of aryl methyl sites for hydroxylation is 1. The van der Waals surface area contributed by atoms with Crippen molar-refractivity contribution in [3.63, 3.8) is 0 Å². The monoisotopic (exact) mass is 349 g/mol. The third kappa shape index (κ3) is 2.41.